The van der Waals surface area contributed by atoms with Crippen LogP contribution in [0.1, 0.15) is 48.5 Å². The summed E-state index contributed by atoms with van der Waals surface area (Å²) in [7, 11) is 0. The quantitative estimate of drug-likeness (QED) is 0.528. The van der Waals surface area contributed by atoms with Crippen molar-refractivity contribution in [3.05, 3.63) is 57.0 Å². The predicted molar refractivity (Wildman–Crippen MR) is 108 cm³/mol. The van der Waals surface area contributed by atoms with Crippen molar-refractivity contribution in [2.45, 2.75) is 45.8 Å². The molecular formula is C21H24F3N3O4. The van der Waals surface area contributed by atoms with Crippen LogP contribution in [0, 0.1) is 29.9 Å². The molecule has 10 heteroatoms. The number of carbonyl (C=O) groups is 1. The first-order valence-corrected chi connectivity index (χ1v) is 9.95. The summed E-state index contributed by atoms with van der Waals surface area (Å²) in [4.78, 5) is 24.9. The number of benzene rings is 1. The topological polar surface area (TPSA) is 88.6 Å². The Morgan fingerprint density at radius 2 is 1.90 bits per heavy atom. The number of aryl methyl sites for hydroxylation is 2. The molecule has 0 bridgehead atoms. The molecule has 1 fully saturated rings. The van der Waals surface area contributed by atoms with Crippen molar-refractivity contribution in [2.75, 3.05) is 18.0 Å². The van der Waals surface area contributed by atoms with Crippen LogP contribution in [0.4, 0.5) is 24.5 Å². The van der Waals surface area contributed by atoms with Gasteiger partial charge in [-0.2, -0.15) is 13.2 Å². The molecule has 1 saturated heterocycles. The SMILES string of the molecule is Cc1cc(C(C)NC(=O)C2CCN(c3ccc(C(F)(F)F)cc3[N+](=O)[O-])CC2)c(C)o1. The van der Waals surface area contributed by atoms with Crippen LogP contribution in [0.2, 0.25) is 0 Å². The van der Waals surface area contributed by atoms with Gasteiger partial charge in [0.15, 0.2) is 0 Å². The van der Waals surface area contributed by atoms with Crippen LogP contribution in [-0.2, 0) is 11.0 Å². The summed E-state index contributed by atoms with van der Waals surface area (Å²) in [6.45, 7) is 6.21. The summed E-state index contributed by atoms with van der Waals surface area (Å²) in [5, 5.41) is 14.3. The Balaban J connectivity index is 1.66. The van der Waals surface area contributed by atoms with E-state index in [0.717, 1.165) is 29.2 Å². The highest BCUT2D eigenvalue weighted by molar-refractivity contribution is 5.79. The first-order chi connectivity index (χ1) is 14.5. The Bertz CT molecular complexity index is 979. The van der Waals surface area contributed by atoms with Gasteiger partial charge in [0.1, 0.15) is 17.2 Å². The van der Waals surface area contributed by atoms with Crippen molar-refractivity contribution in [3.8, 4) is 0 Å². The molecule has 0 saturated carbocycles. The van der Waals surface area contributed by atoms with Crippen molar-refractivity contribution in [2.24, 2.45) is 5.92 Å². The van der Waals surface area contributed by atoms with E-state index in [9.17, 15) is 28.1 Å². The molecule has 1 unspecified atom stereocenters. The maximum atomic E-state index is 12.9. The fourth-order valence-corrected chi connectivity index (χ4v) is 3.99. The minimum atomic E-state index is -4.66. The first-order valence-electron chi connectivity index (χ1n) is 9.95. The lowest BCUT2D eigenvalue weighted by Crippen LogP contribution is -2.41. The maximum Gasteiger partial charge on any atom is 0.416 e. The van der Waals surface area contributed by atoms with Gasteiger partial charge in [0.2, 0.25) is 5.91 Å². The van der Waals surface area contributed by atoms with Crippen molar-refractivity contribution in [3.63, 3.8) is 0 Å². The summed E-state index contributed by atoms with van der Waals surface area (Å²) in [6, 6.07) is 4.20. The van der Waals surface area contributed by atoms with E-state index in [-0.39, 0.29) is 23.6 Å². The van der Waals surface area contributed by atoms with Crippen LogP contribution in [-0.4, -0.2) is 23.9 Å². The van der Waals surface area contributed by atoms with Crippen LogP contribution >= 0.6 is 0 Å². The van der Waals surface area contributed by atoms with Gasteiger partial charge in [-0.15, -0.1) is 0 Å². The molecule has 168 valence electrons. The van der Waals surface area contributed by atoms with E-state index in [1.54, 1.807) is 4.90 Å². The highest BCUT2D eigenvalue weighted by Crippen LogP contribution is 2.37. The van der Waals surface area contributed by atoms with Gasteiger partial charge in [-0.3, -0.25) is 14.9 Å². The summed E-state index contributed by atoms with van der Waals surface area (Å²) >= 11 is 0. The molecule has 31 heavy (non-hydrogen) atoms. The van der Waals surface area contributed by atoms with E-state index < -0.39 is 22.4 Å². The molecule has 1 aliphatic heterocycles. The number of alkyl halides is 3. The molecule has 0 aliphatic carbocycles. The van der Waals surface area contributed by atoms with E-state index in [2.05, 4.69) is 5.32 Å². The molecule has 7 nitrogen and oxygen atoms in total. The number of piperidine rings is 1. The number of hydrogen-bond acceptors (Lipinski definition) is 5. The maximum absolute atomic E-state index is 12.9. The third-order valence-electron chi connectivity index (χ3n) is 5.61. The monoisotopic (exact) mass is 439 g/mol. The first kappa shape index (κ1) is 22.6. The van der Waals surface area contributed by atoms with Gasteiger partial charge >= 0.3 is 6.18 Å². The van der Waals surface area contributed by atoms with Crippen LogP contribution in [0.3, 0.4) is 0 Å². The average Bonchev–Trinajstić information content (AvgIpc) is 3.05. The van der Waals surface area contributed by atoms with Gasteiger partial charge in [0.05, 0.1) is 16.5 Å². The number of nitro benzene ring substituents is 1. The summed E-state index contributed by atoms with van der Waals surface area (Å²) in [5.74, 6) is 1.11. The number of nitrogens with one attached hydrogen (secondary N) is 1. The zero-order valence-electron chi connectivity index (χ0n) is 17.5. The normalized spacial score (nSPS) is 16.3. The lowest BCUT2D eigenvalue weighted by atomic mass is 9.94. The number of halogens is 3. The van der Waals surface area contributed by atoms with Crippen molar-refractivity contribution >= 4 is 17.3 Å². The van der Waals surface area contributed by atoms with E-state index >= 15 is 0 Å². The lowest BCUT2D eigenvalue weighted by Gasteiger charge is -2.33. The average molecular weight is 439 g/mol. The van der Waals surface area contributed by atoms with E-state index in [0.29, 0.717) is 32.0 Å². The number of anilines is 1. The smallest absolute Gasteiger partial charge is 0.416 e. The Hall–Kier alpha value is -3.04. The second-order valence-electron chi connectivity index (χ2n) is 7.82. The van der Waals surface area contributed by atoms with Gasteiger partial charge in [-0.1, -0.05) is 0 Å². The molecular weight excluding hydrogens is 415 g/mol. The highest BCUT2D eigenvalue weighted by Gasteiger charge is 2.35. The third-order valence-corrected chi connectivity index (χ3v) is 5.61. The summed E-state index contributed by atoms with van der Waals surface area (Å²) < 4.78 is 44.2. The van der Waals surface area contributed by atoms with Crippen molar-refractivity contribution in [1.82, 2.24) is 5.32 Å². The minimum absolute atomic E-state index is 0.118. The predicted octanol–water partition coefficient (Wildman–Crippen LogP) is 4.92. The van der Waals surface area contributed by atoms with Gasteiger partial charge < -0.3 is 14.6 Å². The second kappa shape index (κ2) is 8.60. The number of furan rings is 1. The standard InChI is InChI=1S/C21H24F3N3O4/c1-12-10-17(14(3)31-12)13(2)25-20(28)15-6-8-26(9-7-15)18-5-4-16(21(22,23)24)11-19(18)27(29)30/h4-5,10-11,13,15H,6-9H2,1-3H3,(H,25,28). The van der Waals surface area contributed by atoms with Gasteiger partial charge in [0.25, 0.3) is 5.69 Å². The van der Waals surface area contributed by atoms with Crippen molar-refractivity contribution < 1.29 is 27.3 Å². The lowest BCUT2D eigenvalue weighted by molar-refractivity contribution is -0.384. The third kappa shape index (κ3) is 5.00. The van der Waals surface area contributed by atoms with Gasteiger partial charge in [-0.25, -0.2) is 0 Å². The Morgan fingerprint density at radius 1 is 1.26 bits per heavy atom. The fourth-order valence-electron chi connectivity index (χ4n) is 3.99. The van der Waals surface area contributed by atoms with E-state index in [1.165, 1.54) is 0 Å². The molecule has 0 spiro atoms. The molecule has 1 amide bonds. The zero-order valence-corrected chi connectivity index (χ0v) is 17.5. The van der Waals surface area contributed by atoms with Crippen LogP contribution in [0.5, 0.6) is 0 Å². The molecule has 2 aromatic rings. The molecule has 1 N–H and O–H groups in total. The molecule has 1 aromatic heterocycles. The fraction of sp³-hybridized carbons (Fsp3) is 0.476. The van der Waals surface area contributed by atoms with E-state index in [1.807, 2.05) is 26.8 Å². The zero-order chi connectivity index (χ0) is 22.9. The number of hydrogen-bond donors (Lipinski definition) is 1. The molecule has 1 atom stereocenters. The molecule has 1 aromatic carbocycles. The highest BCUT2D eigenvalue weighted by atomic mass is 19.4. The summed E-state index contributed by atoms with van der Waals surface area (Å²) in [5.41, 5.74) is -0.605. The van der Waals surface area contributed by atoms with Crippen LogP contribution < -0.4 is 10.2 Å². The Morgan fingerprint density at radius 3 is 2.42 bits per heavy atom. The minimum Gasteiger partial charge on any atom is -0.466 e. The van der Waals surface area contributed by atoms with Gasteiger partial charge in [0, 0.05) is 30.6 Å². The molecule has 2 heterocycles. The number of amides is 1. The molecule has 0 radical (unpaired) electrons. The number of carbonyl (C=O) groups excluding carboxylic acids is 1. The number of rotatable bonds is 5. The molecule has 1 aliphatic rings. The summed E-state index contributed by atoms with van der Waals surface area (Å²) in [6.07, 6.45) is -3.77. The number of nitrogens with zero attached hydrogens (tertiary/aromatic N) is 2. The molecule has 3 rings (SSSR count). The number of nitro groups is 1. The van der Waals surface area contributed by atoms with Crippen LogP contribution in [0.15, 0.2) is 28.7 Å². The van der Waals surface area contributed by atoms with Gasteiger partial charge in [-0.05, 0) is 51.8 Å². The Kier molecular flexibility index (Phi) is 6.28. The largest absolute Gasteiger partial charge is 0.466 e. The van der Waals surface area contributed by atoms with E-state index in [4.69, 9.17) is 4.42 Å². The van der Waals surface area contributed by atoms with Crippen molar-refractivity contribution in [1.29, 1.82) is 0 Å². The second-order valence-corrected chi connectivity index (χ2v) is 7.82. The Labute approximate surface area is 177 Å². The van der Waals surface area contributed by atoms with Crippen LogP contribution in [0.25, 0.3) is 0 Å².